The second kappa shape index (κ2) is 4.88. The van der Waals surface area contributed by atoms with Crippen molar-refractivity contribution in [3.63, 3.8) is 0 Å². The monoisotopic (exact) mass is 223 g/mol. The van der Waals surface area contributed by atoms with Gasteiger partial charge in [0.2, 0.25) is 0 Å². The third kappa shape index (κ3) is 2.76. The van der Waals surface area contributed by atoms with E-state index in [1.807, 2.05) is 6.92 Å². The molecule has 0 bridgehead atoms. The first-order chi connectivity index (χ1) is 8.16. The maximum Gasteiger partial charge on any atom is 0.0382 e. The third-order valence-corrected chi connectivity index (χ3v) is 2.74. The second-order valence-electron chi connectivity index (χ2n) is 4.29. The van der Waals surface area contributed by atoms with Crippen molar-refractivity contribution in [2.75, 3.05) is 0 Å². The minimum Gasteiger partial charge on any atom is -0.360 e. The zero-order chi connectivity index (χ0) is 12.3. The molecule has 1 aromatic carbocycles. The van der Waals surface area contributed by atoms with Crippen molar-refractivity contribution in [3.8, 4) is 0 Å². The molecule has 1 N–H and O–H groups in total. The zero-order valence-corrected chi connectivity index (χ0v) is 10.2. The number of rotatable bonds is 4. The molecule has 0 fully saturated rings. The summed E-state index contributed by atoms with van der Waals surface area (Å²) < 4.78 is 0. The zero-order valence-electron chi connectivity index (χ0n) is 10.2. The largest absolute Gasteiger partial charge is 0.360 e. The van der Waals surface area contributed by atoms with Crippen molar-refractivity contribution in [1.29, 1.82) is 0 Å². The van der Waals surface area contributed by atoms with Crippen molar-refractivity contribution in [2.45, 2.75) is 13.3 Å². The summed E-state index contributed by atoms with van der Waals surface area (Å²) in [4.78, 5) is 0. The molecule has 0 saturated heterocycles. The van der Waals surface area contributed by atoms with E-state index in [0.717, 1.165) is 23.4 Å². The summed E-state index contributed by atoms with van der Waals surface area (Å²) in [6.45, 7) is 9.73. The molecule has 1 heteroatoms. The summed E-state index contributed by atoms with van der Waals surface area (Å²) in [5, 5.41) is 3.13. The van der Waals surface area contributed by atoms with Crippen LogP contribution in [-0.2, 0) is 0 Å². The molecule has 0 amide bonds. The summed E-state index contributed by atoms with van der Waals surface area (Å²) in [7, 11) is 0. The Kier molecular flexibility index (Phi) is 3.29. The fourth-order valence-electron chi connectivity index (χ4n) is 1.88. The minimum absolute atomic E-state index is 0.891. The van der Waals surface area contributed by atoms with E-state index in [9.17, 15) is 0 Å². The van der Waals surface area contributed by atoms with E-state index in [0.29, 0.717) is 0 Å². The Morgan fingerprint density at radius 2 is 1.88 bits per heavy atom. The second-order valence-corrected chi connectivity index (χ2v) is 4.29. The number of hydrogen-bond donors (Lipinski definition) is 1. The van der Waals surface area contributed by atoms with Crippen LogP contribution in [0.15, 0.2) is 61.3 Å². The number of benzene rings is 1. The SMILES string of the molecule is C=C(C)NC(=C)c1ccc(C2=CC=CC2)cc1. The molecule has 0 heterocycles. The minimum atomic E-state index is 0.891. The Morgan fingerprint density at radius 1 is 1.18 bits per heavy atom. The van der Waals surface area contributed by atoms with Crippen molar-refractivity contribution in [3.05, 3.63) is 72.5 Å². The van der Waals surface area contributed by atoms with Crippen molar-refractivity contribution >= 4 is 11.3 Å². The first-order valence-corrected chi connectivity index (χ1v) is 5.75. The van der Waals surface area contributed by atoms with Crippen LogP contribution in [0.2, 0.25) is 0 Å². The van der Waals surface area contributed by atoms with E-state index in [-0.39, 0.29) is 0 Å². The maximum atomic E-state index is 3.99. The Hall–Kier alpha value is -2.02. The van der Waals surface area contributed by atoms with Crippen LogP contribution < -0.4 is 5.32 Å². The highest BCUT2D eigenvalue weighted by atomic mass is 14.9. The topological polar surface area (TPSA) is 12.0 Å². The Balaban J connectivity index is 2.13. The molecule has 1 aliphatic carbocycles. The van der Waals surface area contributed by atoms with Crippen molar-refractivity contribution in [2.24, 2.45) is 0 Å². The van der Waals surface area contributed by atoms with Gasteiger partial charge < -0.3 is 5.32 Å². The molecule has 17 heavy (non-hydrogen) atoms. The summed E-state index contributed by atoms with van der Waals surface area (Å²) in [5.74, 6) is 0. The molecule has 0 spiro atoms. The predicted octanol–water partition coefficient (Wildman–Crippen LogP) is 4.12. The van der Waals surface area contributed by atoms with E-state index in [2.05, 4.69) is 61.0 Å². The first kappa shape index (κ1) is 11.5. The number of nitrogens with one attached hydrogen (secondary N) is 1. The first-order valence-electron chi connectivity index (χ1n) is 5.75. The Labute approximate surface area is 103 Å². The molecule has 0 atom stereocenters. The van der Waals surface area contributed by atoms with Crippen molar-refractivity contribution < 1.29 is 0 Å². The summed E-state index contributed by atoms with van der Waals surface area (Å²) in [6, 6.07) is 8.46. The van der Waals surface area contributed by atoms with Crippen LogP contribution in [0.4, 0.5) is 0 Å². The average Bonchev–Trinajstić information content (AvgIpc) is 2.82. The number of allylic oxidation sites excluding steroid dienone is 5. The maximum absolute atomic E-state index is 3.99. The van der Waals surface area contributed by atoms with Crippen molar-refractivity contribution in [1.82, 2.24) is 5.32 Å². The van der Waals surface area contributed by atoms with Gasteiger partial charge in [0.25, 0.3) is 0 Å². The van der Waals surface area contributed by atoms with Crippen LogP contribution >= 0.6 is 0 Å². The van der Waals surface area contributed by atoms with Crippen LogP contribution in [0.5, 0.6) is 0 Å². The average molecular weight is 223 g/mol. The van der Waals surface area contributed by atoms with Gasteiger partial charge >= 0.3 is 0 Å². The van der Waals surface area contributed by atoms with Crippen LogP contribution in [0.25, 0.3) is 11.3 Å². The van der Waals surface area contributed by atoms with E-state index < -0.39 is 0 Å². The molecule has 2 rings (SSSR count). The molecule has 1 aromatic rings. The summed E-state index contributed by atoms with van der Waals surface area (Å²) in [6.07, 6.45) is 7.47. The lowest BCUT2D eigenvalue weighted by atomic mass is 10.0. The van der Waals surface area contributed by atoms with E-state index in [4.69, 9.17) is 0 Å². The quantitative estimate of drug-likeness (QED) is 0.809. The lowest BCUT2D eigenvalue weighted by molar-refractivity contribution is 1.09. The standard InChI is InChI=1S/C16H17N/c1-12(2)17-13(3)14-8-10-16(11-9-14)15-6-4-5-7-15/h4-6,8-11,17H,1,3,7H2,2H3. The molecule has 0 unspecified atom stereocenters. The van der Waals surface area contributed by atoms with Crippen LogP contribution in [0.3, 0.4) is 0 Å². The van der Waals surface area contributed by atoms with Gasteiger partial charge in [-0.15, -0.1) is 0 Å². The molecule has 0 saturated carbocycles. The molecule has 1 aliphatic rings. The van der Waals surface area contributed by atoms with Gasteiger partial charge in [-0.3, -0.25) is 0 Å². The molecule has 0 radical (unpaired) electrons. The van der Waals surface area contributed by atoms with E-state index >= 15 is 0 Å². The van der Waals surface area contributed by atoms with Gasteiger partial charge in [0, 0.05) is 11.4 Å². The molecule has 1 nitrogen and oxygen atoms in total. The number of hydrogen-bond acceptors (Lipinski definition) is 1. The smallest absolute Gasteiger partial charge is 0.0382 e. The molecular formula is C16H17N. The van der Waals surface area contributed by atoms with Gasteiger partial charge in [-0.25, -0.2) is 0 Å². The van der Waals surface area contributed by atoms with Gasteiger partial charge in [-0.1, -0.05) is 55.7 Å². The Bertz CT molecular complexity index is 501. The fraction of sp³-hybridized carbons (Fsp3) is 0.125. The van der Waals surface area contributed by atoms with Gasteiger partial charge in [-0.05, 0) is 30.0 Å². The van der Waals surface area contributed by atoms with E-state index in [1.54, 1.807) is 0 Å². The lowest BCUT2D eigenvalue weighted by Crippen LogP contribution is -2.07. The van der Waals surface area contributed by atoms with Crippen LogP contribution in [-0.4, -0.2) is 0 Å². The molecule has 86 valence electrons. The van der Waals surface area contributed by atoms with Gasteiger partial charge in [0.1, 0.15) is 0 Å². The summed E-state index contributed by atoms with van der Waals surface area (Å²) in [5.41, 5.74) is 5.55. The highest BCUT2D eigenvalue weighted by Gasteiger charge is 2.04. The fourth-order valence-corrected chi connectivity index (χ4v) is 1.88. The highest BCUT2D eigenvalue weighted by molar-refractivity contribution is 5.72. The third-order valence-electron chi connectivity index (χ3n) is 2.74. The summed E-state index contributed by atoms with van der Waals surface area (Å²) >= 11 is 0. The highest BCUT2D eigenvalue weighted by Crippen LogP contribution is 2.24. The van der Waals surface area contributed by atoms with Crippen LogP contribution in [0, 0.1) is 0 Å². The van der Waals surface area contributed by atoms with E-state index in [1.165, 1.54) is 11.1 Å². The Morgan fingerprint density at radius 3 is 2.41 bits per heavy atom. The molecule has 0 aliphatic heterocycles. The molecule has 0 aromatic heterocycles. The van der Waals surface area contributed by atoms with Gasteiger partial charge in [0.15, 0.2) is 0 Å². The lowest BCUT2D eigenvalue weighted by Gasteiger charge is -2.10. The van der Waals surface area contributed by atoms with Gasteiger partial charge in [-0.2, -0.15) is 0 Å². The van der Waals surface area contributed by atoms with Crippen LogP contribution in [0.1, 0.15) is 24.5 Å². The predicted molar refractivity (Wildman–Crippen MR) is 75.2 cm³/mol. The normalized spacial score (nSPS) is 13.4. The molecular weight excluding hydrogens is 206 g/mol. The van der Waals surface area contributed by atoms with Gasteiger partial charge in [0.05, 0.1) is 0 Å².